The van der Waals surface area contributed by atoms with E-state index in [-0.39, 0.29) is 22.9 Å². The first kappa shape index (κ1) is 19.6. The highest BCUT2D eigenvalue weighted by Gasteiger charge is 2.29. The highest BCUT2D eigenvalue weighted by Crippen LogP contribution is 2.33. The number of nitrogens with zero attached hydrogens (tertiary/aromatic N) is 4. The van der Waals surface area contributed by atoms with Crippen molar-refractivity contribution in [3.05, 3.63) is 87.5 Å². The molecule has 1 fully saturated rings. The second-order valence-corrected chi connectivity index (χ2v) is 8.93. The van der Waals surface area contributed by atoms with Gasteiger partial charge in [0, 0.05) is 31.4 Å². The minimum atomic E-state index is -0.305. The number of hydrogen-bond donors (Lipinski definition) is 0. The summed E-state index contributed by atoms with van der Waals surface area (Å²) in [6, 6.07) is 13.5. The molecule has 4 heterocycles. The van der Waals surface area contributed by atoms with Crippen LogP contribution in [0.2, 0.25) is 0 Å². The molecule has 0 bridgehead atoms. The monoisotopic (exact) mass is 430 g/mol. The molecule has 0 N–H and O–H groups in total. The van der Waals surface area contributed by atoms with Crippen molar-refractivity contribution in [1.82, 2.24) is 19.4 Å². The zero-order chi connectivity index (χ0) is 21.4. The van der Waals surface area contributed by atoms with Gasteiger partial charge < -0.3 is 4.90 Å². The van der Waals surface area contributed by atoms with Crippen LogP contribution in [-0.2, 0) is 0 Å². The van der Waals surface area contributed by atoms with Crippen LogP contribution in [0, 0.1) is 6.92 Å². The van der Waals surface area contributed by atoms with Crippen molar-refractivity contribution in [2.75, 3.05) is 13.1 Å². The number of aryl methyl sites for hydroxylation is 1. The third kappa shape index (κ3) is 3.65. The van der Waals surface area contributed by atoms with Gasteiger partial charge in [0.1, 0.15) is 5.56 Å². The van der Waals surface area contributed by atoms with Gasteiger partial charge in [-0.1, -0.05) is 12.1 Å². The molecule has 0 saturated carbocycles. The molecule has 1 aromatic carbocycles. The van der Waals surface area contributed by atoms with E-state index in [2.05, 4.69) is 11.1 Å². The second kappa shape index (κ2) is 8.07. The maximum absolute atomic E-state index is 13.5. The van der Waals surface area contributed by atoms with E-state index in [0.29, 0.717) is 24.3 Å². The Balaban J connectivity index is 1.45. The molecule has 6 nitrogen and oxygen atoms in total. The molecule has 1 atom stereocenters. The van der Waals surface area contributed by atoms with Gasteiger partial charge in [0.2, 0.25) is 0 Å². The van der Waals surface area contributed by atoms with Gasteiger partial charge in [-0.15, -0.1) is 11.3 Å². The Bertz CT molecular complexity index is 1280. The zero-order valence-corrected chi connectivity index (χ0v) is 18.0. The van der Waals surface area contributed by atoms with Crippen LogP contribution in [0.25, 0.3) is 15.9 Å². The van der Waals surface area contributed by atoms with Crippen molar-refractivity contribution in [2.24, 2.45) is 0 Å². The van der Waals surface area contributed by atoms with Crippen LogP contribution >= 0.6 is 11.3 Å². The Morgan fingerprint density at radius 2 is 2.03 bits per heavy atom. The highest BCUT2D eigenvalue weighted by atomic mass is 32.1. The fourth-order valence-corrected chi connectivity index (χ4v) is 5.27. The van der Waals surface area contributed by atoms with E-state index in [1.807, 2.05) is 42.2 Å². The van der Waals surface area contributed by atoms with E-state index in [9.17, 15) is 9.59 Å². The molecule has 1 amide bonds. The molecule has 3 aromatic heterocycles. The van der Waals surface area contributed by atoms with E-state index in [0.717, 1.165) is 23.4 Å². The Morgan fingerprint density at radius 3 is 2.84 bits per heavy atom. The SMILES string of the molecule is Cc1ccn(-c2cccnc2)c(=O)c1C(=O)N1CCCC(c2nc3ccccc3s2)C1. The fraction of sp³-hybridized carbons (Fsp3) is 0.250. The van der Waals surface area contributed by atoms with Crippen molar-refractivity contribution >= 4 is 27.5 Å². The van der Waals surface area contributed by atoms with Gasteiger partial charge in [-0.25, -0.2) is 4.98 Å². The summed E-state index contributed by atoms with van der Waals surface area (Å²) in [5.41, 5.74) is 2.27. The van der Waals surface area contributed by atoms with E-state index in [4.69, 9.17) is 4.98 Å². The van der Waals surface area contributed by atoms with Crippen molar-refractivity contribution in [3.8, 4) is 5.69 Å². The van der Waals surface area contributed by atoms with E-state index < -0.39 is 0 Å². The van der Waals surface area contributed by atoms with Crippen molar-refractivity contribution in [2.45, 2.75) is 25.7 Å². The topological polar surface area (TPSA) is 68.1 Å². The summed E-state index contributed by atoms with van der Waals surface area (Å²) in [6.07, 6.45) is 6.87. The lowest BCUT2D eigenvalue weighted by Gasteiger charge is -2.32. The Morgan fingerprint density at radius 1 is 1.16 bits per heavy atom. The van der Waals surface area contributed by atoms with Crippen LogP contribution in [0.3, 0.4) is 0 Å². The predicted octanol–water partition coefficient (Wildman–Crippen LogP) is 4.17. The molecule has 5 rings (SSSR count). The summed E-state index contributed by atoms with van der Waals surface area (Å²) < 4.78 is 2.65. The minimum Gasteiger partial charge on any atom is -0.338 e. The molecule has 1 unspecified atom stereocenters. The first-order valence-electron chi connectivity index (χ1n) is 10.4. The summed E-state index contributed by atoms with van der Waals surface area (Å²) in [6.45, 7) is 3.05. The summed E-state index contributed by atoms with van der Waals surface area (Å²) in [4.78, 5) is 37.4. The number of pyridine rings is 2. The minimum absolute atomic E-state index is 0.194. The second-order valence-electron chi connectivity index (χ2n) is 7.87. The number of fused-ring (bicyclic) bond motifs is 1. The quantitative estimate of drug-likeness (QED) is 0.489. The number of thiazole rings is 1. The largest absolute Gasteiger partial charge is 0.338 e. The Kier molecular flexibility index (Phi) is 5.11. The molecular weight excluding hydrogens is 408 g/mol. The van der Waals surface area contributed by atoms with Crippen LogP contribution in [0.4, 0.5) is 0 Å². The van der Waals surface area contributed by atoms with E-state index >= 15 is 0 Å². The molecular formula is C24H22N4O2S. The maximum atomic E-state index is 13.5. The highest BCUT2D eigenvalue weighted by molar-refractivity contribution is 7.18. The number of hydrogen-bond acceptors (Lipinski definition) is 5. The predicted molar refractivity (Wildman–Crippen MR) is 122 cm³/mol. The third-order valence-electron chi connectivity index (χ3n) is 5.81. The van der Waals surface area contributed by atoms with Crippen LogP contribution in [0.5, 0.6) is 0 Å². The normalized spacial score (nSPS) is 16.5. The summed E-state index contributed by atoms with van der Waals surface area (Å²) >= 11 is 1.70. The Labute approximate surface area is 183 Å². The molecule has 156 valence electrons. The van der Waals surface area contributed by atoms with E-state index in [1.165, 1.54) is 9.27 Å². The number of carbonyl (C=O) groups is 1. The third-order valence-corrected chi connectivity index (χ3v) is 7.01. The van der Waals surface area contributed by atoms with Gasteiger partial charge in [0.05, 0.1) is 27.1 Å². The van der Waals surface area contributed by atoms with Crippen LogP contribution in [-0.4, -0.2) is 38.4 Å². The molecule has 4 aromatic rings. The zero-order valence-electron chi connectivity index (χ0n) is 17.2. The number of likely N-dealkylation sites (tertiary alicyclic amines) is 1. The standard InChI is InChI=1S/C24H22N4O2S/c1-16-10-13-28(18-7-4-11-25-14-18)24(30)21(16)23(29)27-12-5-6-17(15-27)22-26-19-8-2-3-9-20(19)31-22/h2-4,7-11,13-14,17H,5-6,12,15H2,1H3. The smallest absolute Gasteiger partial charge is 0.268 e. The maximum Gasteiger partial charge on any atom is 0.268 e. The molecule has 0 spiro atoms. The van der Waals surface area contributed by atoms with Gasteiger partial charge in [-0.2, -0.15) is 0 Å². The van der Waals surface area contributed by atoms with Crippen molar-refractivity contribution in [3.63, 3.8) is 0 Å². The van der Waals surface area contributed by atoms with Gasteiger partial charge in [0.15, 0.2) is 0 Å². The molecule has 1 aliphatic rings. The van der Waals surface area contributed by atoms with Gasteiger partial charge in [-0.3, -0.25) is 19.1 Å². The number of benzene rings is 1. The first-order valence-corrected chi connectivity index (χ1v) is 11.2. The summed E-state index contributed by atoms with van der Waals surface area (Å²) in [7, 11) is 0. The number of rotatable bonds is 3. The van der Waals surface area contributed by atoms with Crippen LogP contribution < -0.4 is 5.56 Å². The summed E-state index contributed by atoms with van der Waals surface area (Å²) in [5.74, 6) is -0.00813. The van der Waals surface area contributed by atoms with Gasteiger partial charge in [-0.05, 0) is 55.7 Å². The molecule has 1 aliphatic heterocycles. The lowest BCUT2D eigenvalue weighted by Crippen LogP contribution is -2.42. The number of amides is 1. The number of aromatic nitrogens is 3. The average Bonchev–Trinajstić information content (AvgIpc) is 3.24. The molecule has 1 saturated heterocycles. The number of para-hydroxylation sites is 1. The van der Waals surface area contributed by atoms with Gasteiger partial charge in [0.25, 0.3) is 11.5 Å². The lowest BCUT2D eigenvalue weighted by molar-refractivity contribution is 0.0704. The van der Waals surface area contributed by atoms with Crippen LogP contribution in [0.15, 0.2) is 65.8 Å². The summed E-state index contributed by atoms with van der Waals surface area (Å²) in [5, 5.41) is 1.07. The fourth-order valence-electron chi connectivity index (χ4n) is 4.17. The molecule has 31 heavy (non-hydrogen) atoms. The number of carbonyl (C=O) groups excluding carboxylic acids is 1. The Hall–Kier alpha value is -3.32. The lowest BCUT2D eigenvalue weighted by atomic mass is 9.97. The average molecular weight is 431 g/mol. The number of piperidine rings is 1. The van der Waals surface area contributed by atoms with Gasteiger partial charge >= 0.3 is 0 Å². The van der Waals surface area contributed by atoms with Crippen molar-refractivity contribution < 1.29 is 4.79 Å². The molecule has 0 aliphatic carbocycles. The first-order chi connectivity index (χ1) is 15.1. The van der Waals surface area contributed by atoms with Crippen molar-refractivity contribution in [1.29, 1.82) is 0 Å². The molecule has 0 radical (unpaired) electrons. The van der Waals surface area contributed by atoms with Crippen LogP contribution in [0.1, 0.15) is 39.7 Å². The molecule has 7 heteroatoms. The van der Waals surface area contributed by atoms with E-state index in [1.54, 1.807) is 36.0 Å².